The minimum Gasteiger partial charge on any atom is -0.493 e. The van der Waals surface area contributed by atoms with Crippen molar-refractivity contribution in [3.8, 4) is 5.75 Å². The van der Waals surface area contributed by atoms with Gasteiger partial charge < -0.3 is 15.0 Å². The summed E-state index contributed by atoms with van der Waals surface area (Å²) in [4.78, 5) is 22.7. The average molecular weight is 521 g/mol. The molecule has 1 aliphatic rings. The van der Waals surface area contributed by atoms with E-state index in [9.17, 15) is 4.79 Å². The number of methoxy groups -OCH3 is 1. The summed E-state index contributed by atoms with van der Waals surface area (Å²) in [6.07, 6.45) is 0. The highest BCUT2D eigenvalue weighted by atomic mass is 35.5. The van der Waals surface area contributed by atoms with E-state index in [1.807, 2.05) is 36.4 Å². The molecular formula is C23H22Cl2N4O2S2. The number of rotatable bonds is 6. The number of thiophene rings is 1. The van der Waals surface area contributed by atoms with Gasteiger partial charge in [-0.15, -0.1) is 11.3 Å². The Bertz CT molecular complexity index is 1310. The maximum Gasteiger partial charge on any atom is 0.262 e. The molecule has 6 nitrogen and oxygen atoms in total. The topological polar surface area (TPSA) is 57.7 Å². The van der Waals surface area contributed by atoms with E-state index in [0.717, 1.165) is 58.2 Å². The molecule has 33 heavy (non-hydrogen) atoms. The van der Waals surface area contributed by atoms with E-state index in [-0.39, 0.29) is 5.91 Å². The van der Waals surface area contributed by atoms with Crippen LogP contribution in [0.25, 0.3) is 20.3 Å². The molecule has 1 aliphatic heterocycles. The molecule has 1 amide bonds. The predicted molar refractivity (Wildman–Crippen MR) is 139 cm³/mol. The monoisotopic (exact) mass is 520 g/mol. The van der Waals surface area contributed by atoms with E-state index in [1.165, 1.54) is 11.3 Å². The molecular weight excluding hydrogens is 499 g/mol. The lowest BCUT2D eigenvalue weighted by atomic mass is 10.2. The minimum atomic E-state index is -0.109. The van der Waals surface area contributed by atoms with Gasteiger partial charge in [0.1, 0.15) is 10.4 Å². The van der Waals surface area contributed by atoms with Gasteiger partial charge >= 0.3 is 0 Å². The van der Waals surface area contributed by atoms with Crippen molar-refractivity contribution in [2.24, 2.45) is 0 Å². The third-order valence-corrected chi connectivity index (χ3v) is 8.81. The molecule has 4 aromatic rings. The van der Waals surface area contributed by atoms with Gasteiger partial charge in [0, 0.05) is 49.4 Å². The Morgan fingerprint density at radius 1 is 1.09 bits per heavy atom. The lowest BCUT2D eigenvalue weighted by Crippen LogP contribution is -2.48. The SMILES string of the molecule is COc1c(Cl)ccc2sc(N3CCN(CCNC(=O)c4sc5ccccc5c4Cl)CC3)nc12. The van der Waals surface area contributed by atoms with Gasteiger partial charge in [0.15, 0.2) is 10.9 Å². The normalized spacial score (nSPS) is 14.8. The molecule has 10 heteroatoms. The van der Waals surface area contributed by atoms with Crippen LogP contribution in [0.3, 0.4) is 0 Å². The second kappa shape index (κ2) is 9.64. The van der Waals surface area contributed by atoms with E-state index in [0.29, 0.717) is 27.2 Å². The number of ether oxygens (including phenoxy) is 1. The molecule has 0 spiro atoms. The third-order valence-electron chi connectivity index (χ3n) is 5.76. The molecule has 0 aliphatic carbocycles. The van der Waals surface area contributed by atoms with Crippen molar-refractivity contribution in [1.82, 2.24) is 15.2 Å². The Morgan fingerprint density at radius 3 is 2.64 bits per heavy atom. The average Bonchev–Trinajstić information content (AvgIpc) is 3.41. The van der Waals surface area contributed by atoms with Gasteiger partial charge in [0.25, 0.3) is 5.91 Å². The molecule has 0 unspecified atom stereocenters. The molecule has 0 atom stereocenters. The van der Waals surface area contributed by atoms with Crippen LogP contribution in [0, 0.1) is 0 Å². The fourth-order valence-corrected chi connectivity index (χ4v) is 6.67. The minimum absolute atomic E-state index is 0.109. The van der Waals surface area contributed by atoms with Crippen molar-refractivity contribution in [2.45, 2.75) is 0 Å². The molecule has 5 rings (SSSR count). The van der Waals surface area contributed by atoms with Gasteiger partial charge in [-0.25, -0.2) is 4.98 Å². The largest absolute Gasteiger partial charge is 0.493 e. The molecule has 0 radical (unpaired) electrons. The third kappa shape index (κ3) is 4.50. The standard InChI is InChI=1S/C23H22Cl2N4O2S2/c1-31-20-15(24)6-7-17-19(20)27-23(33-17)29-12-10-28(11-13-29)9-8-26-22(30)21-18(25)14-4-2-3-5-16(14)32-21/h2-7H,8-13H2,1H3,(H,26,30). The van der Waals surface area contributed by atoms with Gasteiger partial charge in [0.2, 0.25) is 0 Å². The summed E-state index contributed by atoms with van der Waals surface area (Å²) in [6, 6.07) is 11.7. The number of anilines is 1. The van der Waals surface area contributed by atoms with Crippen LogP contribution in [0.1, 0.15) is 9.67 Å². The molecule has 3 heterocycles. The highest BCUT2D eigenvalue weighted by Crippen LogP contribution is 2.38. The number of carbonyl (C=O) groups excluding carboxylic acids is 1. The van der Waals surface area contributed by atoms with E-state index >= 15 is 0 Å². The number of amides is 1. The van der Waals surface area contributed by atoms with E-state index in [2.05, 4.69) is 15.1 Å². The summed E-state index contributed by atoms with van der Waals surface area (Å²) in [5.41, 5.74) is 0.815. The van der Waals surface area contributed by atoms with Crippen LogP contribution < -0.4 is 15.0 Å². The highest BCUT2D eigenvalue weighted by molar-refractivity contribution is 7.22. The zero-order chi connectivity index (χ0) is 22.9. The molecule has 172 valence electrons. The van der Waals surface area contributed by atoms with Crippen molar-refractivity contribution in [2.75, 3.05) is 51.3 Å². The van der Waals surface area contributed by atoms with Gasteiger partial charge in [-0.2, -0.15) is 0 Å². The number of hydrogen-bond donors (Lipinski definition) is 1. The first-order chi connectivity index (χ1) is 16.0. The molecule has 1 saturated heterocycles. The predicted octanol–water partition coefficient (Wildman–Crippen LogP) is 5.38. The van der Waals surface area contributed by atoms with Crippen LogP contribution in [0.4, 0.5) is 5.13 Å². The maximum absolute atomic E-state index is 12.6. The summed E-state index contributed by atoms with van der Waals surface area (Å²) in [5.74, 6) is 0.520. The summed E-state index contributed by atoms with van der Waals surface area (Å²) < 4.78 is 7.53. The Labute approximate surface area is 209 Å². The summed E-state index contributed by atoms with van der Waals surface area (Å²) >= 11 is 15.8. The summed E-state index contributed by atoms with van der Waals surface area (Å²) in [6.45, 7) is 4.96. The van der Waals surface area contributed by atoms with Crippen LogP contribution in [0.5, 0.6) is 5.75 Å². The summed E-state index contributed by atoms with van der Waals surface area (Å²) in [7, 11) is 1.62. The Morgan fingerprint density at radius 2 is 1.88 bits per heavy atom. The number of piperazine rings is 1. The highest BCUT2D eigenvalue weighted by Gasteiger charge is 2.22. The number of nitrogens with zero attached hydrogens (tertiary/aromatic N) is 3. The van der Waals surface area contributed by atoms with Crippen LogP contribution >= 0.6 is 45.9 Å². The molecule has 0 bridgehead atoms. The molecule has 2 aromatic heterocycles. The quantitative estimate of drug-likeness (QED) is 0.369. The lowest BCUT2D eigenvalue weighted by molar-refractivity contribution is 0.0952. The first kappa shape index (κ1) is 22.7. The Hall–Kier alpha value is -2.10. The zero-order valence-corrected chi connectivity index (χ0v) is 21.1. The number of aromatic nitrogens is 1. The van der Waals surface area contributed by atoms with E-state index < -0.39 is 0 Å². The summed E-state index contributed by atoms with van der Waals surface area (Å²) in [5, 5.41) is 6.05. The first-order valence-electron chi connectivity index (χ1n) is 10.6. The number of carbonyl (C=O) groups is 1. The van der Waals surface area contributed by atoms with Crippen LogP contribution in [-0.2, 0) is 0 Å². The Kier molecular flexibility index (Phi) is 6.62. The van der Waals surface area contributed by atoms with E-state index in [4.69, 9.17) is 32.9 Å². The van der Waals surface area contributed by atoms with Gasteiger partial charge in [-0.3, -0.25) is 9.69 Å². The maximum atomic E-state index is 12.6. The number of thiazole rings is 1. The van der Waals surface area contributed by atoms with E-state index in [1.54, 1.807) is 18.4 Å². The van der Waals surface area contributed by atoms with Crippen molar-refractivity contribution in [1.29, 1.82) is 0 Å². The second-order valence-electron chi connectivity index (χ2n) is 7.75. The first-order valence-corrected chi connectivity index (χ1v) is 13.0. The van der Waals surface area contributed by atoms with Gasteiger partial charge in [-0.1, -0.05) is 52.7 Å². The van der Waals surface area contributed by atoms with Crippen molar-refractivity contribution in [3.63, 3.8) is 0 Å². The Balaban J connectivity index is 1.15. The van der Waals surface area contributed by atoms with Crippen LogP contribution in [0.2, 0.25) is 10.0 Å². The van der Waals surface area contributed by atoms with Crippen molar-refractivity contribution >= 4 is 77.2 Å². The molecule has 0 saturated carbocycles. The number of benzene rings is 2. The number of halogens is 2. The van der Waals surface area contributed by atoms with Crippen molar-refractivity contribution in [3.05, 3.63) is 51.3 Å². The van der Waals surface area contributed by atoms with Crippen molar-refractivity contribution < 1.29 is 9.53 Å². The molecule has 1 N–H and O–H groups in total. The van der Waals surface area contributed by atoms with Crippen LogP contribution in [0.15, 0.2) is 36.4 Å². The molecule has 1 fully saturated rings. The zero-order valence-electron chi connectivity index (χ0n) is 17.9. The number of fused-ring (bicyclic) bond motifs is 2. The molecule has 2 aromatic carbocycles. The smallest absolute Gasteiger partial charge is 0.262 e. The fraction of sp³-hybridized carbons (Fsp3) is 0.304. The van der Waals surface area contributed by atoms with Gasteiger partial charge in [0.05, 0.1) is 21.9 Å². The lowest BCUT2D eigenvalue weighted by Gasteiger charge is -2.34. The number of hydrogen-bond acceptors (Lipinski definition) is 7. The fourth-order valence-electron chi connectivity index (χ4n) is 3.99. The number of nitrogens with one attached hydrogen (secondary N) is 1. The second-order valence-corrected chi connectivity index (χ2v) is 10.6. The van der Waals surface area contributed by atoms with Gasteiger partial charge in [-0.05, 0) is 18.2 Å². The van der Waals surface area contributed by atoms with Crippen LogP contribution in [-0.4, -0.2) is 62.2 Å².